The fraction of sp³-hybridized carbons (Fsp3) is 0.533. The van der Waals surface area contributed by atoms with Crippen LogP contribution in [0, 0.1) is 5.92 Å². The summed E-state index contributed by atoms with van der Waals surface area (Å²) >= 11 is 1.65. The van der Waals surface area contributed by atoms with Crippen molar-refractivity contribution in [2.45, 2.75) is 32.0 Å². The number of rotatable bonds is 2. The zero-order valence-electron chi connectivity index (χ0n) is 11.1. The zero-order chi connectivity index (χ0) is 13.2. The van der Waals surface area contributed by atoms with E-state index >= 15 is 0 Å². The summed E-state index contributed by atoms with van der Waals surface area (Å²) in [5, 5.41) is 2.02. The number of fused-ring (bicyclic) bond motifs is 1. The molecule has 1 aromatic heterocycles. The number of amides is 1. The Kier molecular flexibility index (Phi) is 3.71. The van der Waals surface area contributed by atoms with E-state index < -0.39 is 0 Å². The highest BCUT2D eigenvalue weighted by Crippen LogP contribution is 2.32. The van der Waals surface area contributed by atoms with Crippen molar-refractivity contribution in [1.82, 2.24) is 4.90 Å². The first-order valence-corrected chi connectivity index (χ1v) is 7.76. The summed E-state index contributed by atoms with van der Waals surface area (Å²) in [6.45, 7) is 3.80. The molecule has 0 aliphatic carbocycles. The van der Waals surface area contributed by atoms with Crippen molar-refractivity contribution in [3.05, 3.63) is 28.5 Å². The molecule has 2 aliphatic heterocycles. The second-order valence-electron chi connectivity index (χ2n) is 5.40. The molecule has 0 bridgehead atoms. The third-order valence-corrected chi connectivity index (χ3v) is 4.79. The average Bonchev–Trinajstić information content (AvgIpc) is 3.02. The van der Waals surface area contributed by atoms with E-state index in [1.807, 2.05) is 28.5 Å². The van der Waals surface area contributed by atoms with Gasteiger partial charge in [0.2, 0.25) is 5.91 Å². The Morgan fingerprint density at radius 2 is 2.47 bits per heavy atom. The highest BCUT2D eigenvalue weighted by atomic mass is 32.1. The summed E-state index contributed by atoms with van der Waals surface area (Å²) in [4.78, 5) is 15.3. The molecule has 0 spiro atoms. The van der Waals surface area contributed by atoms with E-state index in [9.17, 15) is 4.79 Å². The molecule has 1 amide bonds. The molecule has 3 nitrogen and oxygen atoms in total. The van der Waals surface area contributed by atoms with Crippen LogP contribution in [0.2, 0.25) is 0 Å². The Hall–Kier alpha value is -1.13. The molecular weight excluding hydrogens is 258 g/mol. The van der Waals surface area contributed by atoms with Crippen molar-refractivity contribution < 1.29 is 9.53 Å². The van der Waals surface area contributed by atoms with Crippen LogP contribution in [0.15, 0.2) is 23.6 Å². The second-order valence-corrected chi connectivity index (χ2v) is 6.38. The Balaban J connectivity index is 1.59. The number of thiophene rings is 1. The third kappa shape index (κ3) is 2.90. The number of carbonyl (C=O) groups excluding carboxylic acids is 1. The zero-order valence-corrected chi connectivity index (χ0v) is 11.9. The normalized spacial score (nSPS) is 30.8. The first-order valence-electron chi connectivity index (χ1n) is 6.88. The summed E-state index contributed by atoms with van der Waals surface area (Å²) in [6.07, 6.45) is 6.40. The third-order valence-electron chi connectivity index (χ3n) is 3.95. The Morgan fingerprint density at radius 1 is 1.58 bits per heavy atom. The van der Waals surface area contributed by atoms with Crippen molar-refractivity contribution in [1.29, 1.82) is 0 Å². The fourth-order valence-corrected chi connectivity index (χ4v) is 3.66. The SMILES string of the molecule is C[C@@H]1C[C@@H]2CN(C(=O)/C=C/c3cccs3)CC[C@H]2O1. The molecule has 2 fully saturated rings. The van der Waals surface area contributed by atoms with Crippen LogP contribution in [0.25, 0.3) is 6.08 Å². The van der Waals surface area contributed by atoms with Crippen LogP contribution in [0.4, 0.5) is 0 Å². The van der Waals surface area contributed by atoms with E-state index in [0.717, 1.165) is 30.8 Å². The van der Waals surface area contributed by atoms with Crippen molar-refractivity contribution in [3.63, 3.8) is 0 Å². The van der Waals surface area contributed by atoms with Gasteiger partial charge in [-0.05, 0) is 37.3 Å². The first-order chi connectivity index (χ1) is 9.22. The fourth-order valence-electron chi connectivity index (χ4n) is 3.04. The highest BCUT2D eigenvalue weighted by molar-refractivity contribution is 7.10. The summed E-state index contributed by atoms with van der Waals surface area (Å²) in [5.41, 5.74) is 0. The Labute approximate surface area is 117 Å². The van der Waals surface area contributed by atoms with Crippen LogP contribution in [0.3, 0.4) is 0 Å². The van der Waals surface area contributed by atoms with Crippen molar-refractivity contribution >= 4 is 23.3 Å². The van der Waals surface area contributed by atoms with Crippen LogP contribution in [0.5, 0.6) is 0 Å². The molecule has 0 unspecified atom stereocenters. The summed E-state index contributed by atoms with van der Waals surface area (Å²) < 4.78 is 5.86. The molecule has 3 rings (SSSR count). The van der Waals surface area contributed by atoms with Gasteiger partial charge in [-0.2, -0.15) is 0 Å². The second kappa shape index (κ2) is 5.47. The number of hydrogen-bond donors (Lipinski definition) is 0. The largest absolute Gasteiger partial charge is 0.375 e. The van der Waals surface area contributed by atoms with Crippen molar-refractivity contribution in [2.75, 3.05) is 13.1 Å². The lowest BCUT2D eigenvalue weighted by Crippen LogP contribution is -2.43. The molecule has 0 aromatic carbocycles. The number of ether oxygens (including phenoxy) is 1. The van der Waals surface area contributed by atoms with E-state index in [4.69, 9.17) is 4.74 Å². The molecule has 0 radical (unpaired) electrons. The summed E-state index contributed by atoms with van der Waals surface area (Å²) in [5.74, 6) is 0.661. The molecule has 2 saturated heterocycles. The molecule has 2 aliphatic rings. The van der Waals surface area contributed by atoms with Gasteiger partial charge in [-0.3, -0.25) is 4.79 Å². The van der Waals surface area contributed by atoms with Gasteiger partial charge in [-0.25, -0.2) is 0 Å². The molecule has 19 heavy (non-hydrogen) atoms. The van der Waals surface area contributed by atoms with Crippen LogP contribution < -0.4 is 0 Å². The molecule has 3 atom stereocenters. The Bertz CT molecular complexity index is 468. The van der Waals surface area contributed by atoms with Gasteiger partial charge in [0, 0.05) is 30.0 Å². The van der Waals surface area contributed by atoms with Crippen LogP contribution in [-0.2, 0) is 9.53 Å². The van der Waals surface area contributed by atoms with E-state index in [1.54, 1.807) is 17.4 Å². The van der Waals surface area contributed by atoms with Gasteiger partial charge < -0.3 is 9.64 Å². The van der Waals surface area contributed by atoms with Gasteiger partial charge in [0.05, 0.1) is 12.2 Å². The quantitative estimate of drug-likeness (QED) is 0.778. The number of likely N-dealkylation sites (tertiary alicyclic amines) is 1. The van der Waals surface area contributed by atoms with Gasteiger partial charge in [0.1, 0.15) is 0 Å². The van der Waals surface area contributed by atoms with Gasteiger partial charge in [-0.1, -0.05) is 6.07 Å². The molecule has 3 heterocycles. The summed E-state index contributed by atoms with van der Waals surface area (Å²) in [7, 11) is 0. The van der Waals surface area contributed by atoms with Gasteiger partial charge in [0.15, 0.2) is 0 Å². The molecule has 1 aromatic rings. The average molecular weight is 277 g/mol. The topological polar surface area (TPSA) is 29.5 Å². The first kappa shape index (κ1) is 12.9. The molecule has 0 saturated carbocycles. The maximum absolute atomic E-state index is 12.2. The van der Waals surface area contributed by atoms with Crippen LogP contribution >= 0.6 is 11.3 Å². The minimum atomic E-state index is 0.131. The van der Waals surface area contributed by atoms with Crippen molar-refractivity contribution in [2.24, 2.45) is 5.92 Å². The van der Waals surface area contributed by atoms with Crippen LogP contribution in [-0.4, -0.2) is 36.1 Å². The number of nitrogens with zero attached hydrogens (tertiary/aromatic N) is 1. The van der Waals surface area contributed by atoms with E-state index in [2.05, 4.69) is 6.92 Å². The predicted octanol–water partition coefficient (Wildman–Crippen LogP) is 2.79. The minimum absolute atomic E-state index is 0.131. The molecule has 4 heteroatoms. The monoisotopic (exact) mass is 277 g/mol. The smallest absolute Gasteiger partial charge is 0.246 e. The van der Waals surface area contributed by atoms with Crippen LogP contribution in [0.1, 0.15) is 24.6 Å². The maximum Gasteiger partial charge on any atom is 0.246 e. The van der Waals surface area contributed by atoms with E-state index in [0.29, 0.717) is 18.1 Å². The summed E-state index contributed by atoms with van der Waals surface area (Å²) in [6, 6.07) is 4.02. The Morgan fingerprint density at radius 3 is 3.26 bits per heavy atom. The number of carbonyl (C=O) groups is 1. The number of piperidine rings is 1. The molecular formula is C15H19NO2S. The van der Waals surface area contributed by atoms with Gasteiger partial charge in [-0.15, -0.1) is 11.3 Å². The standard InChI is InChI=1S/C15H19NO2S/c1-11-9-12-10-16(7-6-14(12)18-11)15(17)5-4-13-3-2-8-19-13/h2-5,8,11-12,14H,6-7,9-10H2,1H3/b5-4+/t11-,12-,14-/m1/s1. The predicted molar refractivity (Wildman–Crippen MR) is 77.0 cm³/mol. The minimum Gasteiger partial charge on any atom is -0.375 e. The highest BCUT2D eigenvalue weighted by Gasteiger charge is 2.38. The number of hydrogen-bond acceptors (Lipinski definition) is 3. The van der Waals surface area contributed by atoms with Gasteiger partial charge in [0.25, 0.3) is 0 Å². The lowest BCUT2D eigenvalue weighted by Gasteiger charge is -2.33. The van der Waals surface area contributed by atoms with Gasteiger partial charge >= 0.3 is 0 Å². The van der Waals surface area contributed by atoms with E-state index in [-0.39, 0.29) is 5.91 Å². The maximum atomic E-state index is 12.2. The lowest BCUT2D eigenvalue weighted by molar-refractivity contribution is -0.129. The lowest BCUT2D eigenvalue weighted by atomic mass is 9.93. The molecule has 0 N–H and O–H groups in total. The van der Waals surface area contributed by atoms with E-state index in [1.165, 1.54) is 0 Å². The van der Waals surface area contributed by atoms with Crippen molar-refractivity contribution in [3.8, 4) is 0 Å². The molecule has 102 valence electrons.